The second kappa shape index (κ2) is 13.0. The Hall–Kier alpha value is -4.26. The van der Waals surface area contributed by atoms with E-state index in [9.17, 15) is 19.2 Å². The van der Waals surface area contributed by atoms with Gasteiger partial charge in [0.2, 0.25) is 11.8 Å². The number of rotatable bonds is 12. The van der Waals surface area contributed by atoms with E-state index in [1.807, 2.05) is 68.4 Å². The molecule has 1 aliphatic heterocycles. The molecule has 0 aromatic heterocycles. The Morgan fingerprint density at radius 2 is 1.49 bits per heavy atom. The average Bonchev–Trinajstić information content (AvgIpc) is 3.20. The third-order valence-corrected chi connectivity index (χ3v) is 7.07. The molecule has 4 amide bonds. The van der Waals surface area contributed by atoms with E-state index >= 15 is 0 Å². The van der Waals surface area contributed by atoms with E-state index in [0.717, 1.165) is 23.1 Å². The zero-order valence-electron chi connectivity index (χ0n) is 22.6. The van der Waals surface area contributed by atoms with Gasteiger partial charge in [-0.3, -0.25) is 24.1 Å². The lowest BCUT2D eigenvalue weighted by molar-refractivity contribution is -0.141. The molecule has 1 atom stereocenters. The Balaban J connectivity index is 1.54. The number of carbonyl (C=O) groups is 4. The van der Waals surface area contributed by atoms with Gasteiger partial charge in [0.1, 0.15) is 6.04 Å². The molecule has 1 N–H and O–H groups in total. The molecule has 0 unspecified atom stereocenters. The third-order valence-electron chi connectivity index (χ3n) is 7.07. The molecule has 39 heavy (non-hydrogen) atoms. The van der Waals surface area contributed by atoms with Gasteiger partial charge < -0.3 is 10.2 Å². The Morgan fingerprint density at radius 1 is 0.872 bits per heavy atom. The zero-order valence-corrected chi connectivity index (χ0v) is 22.6. The Bertz CT molecular complexity index is 1300. The van der Waals surface area contributed by atoms with E-state index in [2.05, 4.69) is 5.32 Å². The highest BCUT2D eigenvalue weighted by Gasteiger charge is 2.35. The predicted molar refractivity (Wildman–Crippen MR) is 150 cm³/mol. The highest BCUT2D eigenvalue weighted by molar-refractivity contribution is 6.21. The van der Waals surface area contributed by atoms with Crippen LogP contribution in [0.4, 0.5) is 0 Å². The van der Waals surface area contributed by atoms with Crippen LogP contribution in [0.5, 0.6) is 0 Å². The van der Waals surface area contributed by atoms with Crippen LogP contribution in [-0.4, -0.2) is 52.6 Å². The molecule has 202 valence electrons. The molecular weight excluding hydrogens is 490 g/mol. The quantitative estimate of drug-likeness (QED) is 0.352. The molecule has 0 spiro atoms. The third kappa shape index (κ3) is 6.60. The van der Waals surface area contributed by atoms with Crippen molar-refractivity contribution in [2.45, 2.75) is 52.1 Å². The van der Waals surface area contributed by atoms with Gasteiger partial charge in [-0.25, -0.2) is 0 Å². The number of hydrogen-bond acceptors (Lipinski definition) is 4. The number of fused-ring (bicyclic) bond motifs is 1. The lowest BCUT2D eigenvalue weighted by Crippen LogP contribution is -2.50. The summed E-state index contributed by atoms with van der Waals surface area (Å²) < 4.78 is 0. The number of carbonyl (C=O) groups excluding carboxylic acids is 4. The molecule has 1 heterocycles. The van der Waals surface area contributed by atoms with Gasteiger partial charge in [-0.15, -0.1) is 0 Å². The van der Waals surface area contributed by atoms with Crippen molar-refractivity contribution in [1.82, 2.24) is 15.1 Å². The highest BCUT2D eigenvalue weighted by atomic mass is 16.2. The van der Waals surface area contributed by atoms with Gasteiger partial charge in [0.25, 0.3) is 11.8 Å². The molecule has 0 fully saturated rings. The maximum absolute atomic E-state index is 13.8. The zero-order chi connectivity index (χ0) is 27.8. The normalized spacial score (nSPS) is 13.2. The van der Waals surface area contributed by atoms with Crippen LogP contribution in [0, 0.1) is 6.92 Å². The van der Waals surface area contributed by atoms with Gasteiger partial charge in [-0.1, -0.05) is 73.7 Å². The predicted octanol–water partition coefficient (Wildman–Crippen LogP) is 4.54. The number of aryl methyl sites for hydroxylation is 1. The fourth-order valence-electron chi connectivity index (χ4n) is 4.87. The molecule has 3 aromatic carbocycles. The average molecular weight is 526 g/mol. The first-order valence-electron chi connectivity index (χ1n) is 13.5. The molecule has 7 heteroatoms. The molecular formula is C32H35N3O4. The van der Waals surface area contributed by atoms with Crippen LogP contribution >= 0.6 is 0 Å². The summed E-state index contributed by atoms with van der Waals surface area (Å²) in [6.45, 7) is 4.93. The van der Waals surface area contributed by atoms with Crippen LogP contribution in [-0.2, 0) is 22.6 Å². The Morgan fingerprint density at radius 3 is 2.13 bits per heavy atom. The van der Waals surface area contributed by atoms with Crippen LogP contribution < -0.4 is 5.32 Å². The summed E-state index contributed by atoms with van der Waals surface area (Å²) in [4.78, 5) is 55.6. The molecule has 0 saturated carbocycles. The van der Waals surface area contributed by atoms with Gasteiger partial charge in [0.05, 0.1) is 11.1 Å². The molecule has 0 radical (unpaired) electrons. The summed E-state index contributed by atoms with van der Waals surface area (Å²) >= 11 is 0. The topological polar surface area (TPSA) is 86.8 Å². The van der Waals surface area contributed by atoms with Crippen molar-refractivity contribution in [1.29, 1.82) is 0 Å². The summed E-state index contributed by atoms with van der Waals surface area (Å²) in [6, 6.07) is 23.6. The van der Waals surface area contributed by atoms with Gasteiger partial charge in [-0.2, -0.15) is 0 Å². The first kappa shape index (κ1) is 27.8. The second-order valence-electron chi connectivity index (χ2n) is 9.86. The SMILES string of the molecule is CCCNC(=O)[C@H](Cc1ccccc1)N(Cc1ccccc1C)C(=O)CCCN1C(=O)c2ccccc2C1=O. The lowest BCUT2D eigenvalue weighted by Gasteiger charge is -2.32. The maximum Gasteiger partial charge on any atom is 0.261 e. The number of benzene rings is 3. The van der Waals surface area contributed by atoms with Crippen molar-refractivity contribution in [2.75, 3.05) is 13.1 Å². The number of nitrogens with zero attached hydrogens (tertiary/aromatic N) is 2. The van der Waals surface area contributed by atoms with Crippen molar-refractivity contribution in [3.8, 4) is 0 Å². The van der Waals surface area contributed by atoms with Crippen LogP contribution in [0.2, 0.25) is 0 Å². The molecule has 0 bridgehead atoms. The summed E-state index contributed by atoms with van der Waals surface area (Å²) in [5, 5.41) is 2.98. The Kier molecular flexibility index (Phi) is 9.26. The minimum absolute atomic E-state index is 0.103. The number of imide groups is 1. The van der Waals surface area contributed by atoms with Crippen molar-refractivity contribution >= 4 is 23.6 Å². The highest BCUT2D eigenvalue weighted by Crippen LogP contribution is 2.23. The summed E-state index contributed by atoms with van der Waals surface area (Å²) in [5.41, 5.74) is 3.75. The smallest absolute Gasteiger partial charge is 0.261 e. The molecule has 3 aromatic rings. The van der Waals surface area contributed by atoms with Crippen molar-refractivity contribution in [2.24, 2.45) is 0 Å². The van der Waals surface area contributed by atoms with E-state index in [4.69, 9.17) is 0 Å². The first-order valence-corrected chi connectivity index (χ1v) is 13.5. The van der Waals surface area contributed by atoms with Gasteiger partial charge >= 0.3 is 0 Å². The van der Waals surface area contributed by atoms with Crippen molar-refractivity contribution in [3.05, 3.63) is 107 Å². The van der Waals surface area contributed by atoms with Crippen molar-refractivity contribution < 1.29 is 19.2 Å². The molecule has 4 rings (SSSR count). The minimum Gasteiger partial charge on any atom is -0.354 e. The second-order valence-corrected chi connectivity index (χ2v) is 9.86. The number of hydrogen-bond donors (Lipinski definition) is 1. The van der Waals surface area contributed by atoms with Crippen LogP contribution in [0.15, 0.2) is 78.9 Å². The van der Waals surface area contributed by atoms with Gasteiger partial charge in [0.15, 0.2) is 0 Å². The van der Waals surface area contributed by atoms with E-state index < -0.39 is 6.04 Å². The van der Waals surface area contributed by atoms with Gasteiger partial charge in [0, 0.05) is 32.5 Å². The molecule has 0 aliphatic carbocycles. The maximum atomic E-state index is 13.8. The standard InChI is InChI=1S/C32H35N3O4/c1-3-19-33-30(37)28(21-24-13-5-4-6-14-24)35(22-25-15-8-7-12-23(25)2)29(36)18-11-20-34-31(38)26-16-9-10-17-27(26)32(34)39/h4-10,12-17,28H,3,11,18-22H2,1-2H3,(H,33,37)/t28-/m0/s1. The van der Waals surface area contributed by atoms with Crippen molar-refractivity contribution in [3.63, 3.8) is 0 Å². The summed E-state index contributed by atoms with van der Waals surface area (Å²) in [7, 11) is 0. The Labute approximate surface area is 229 Å². The van der Waals surface area contributed by atoms with Gasteiger partial charge in [-0.05, 0) is 48.6 Å². The first-order chi connectivity index (χ1) is 18.9. The van der Waals surface area contributed by atoms with Crippen LogP contribution in [0.1, 0.15) is 63.6 Å². The fraction of sp³-hybridized carbons (Fsp3) is 0.312. The fourth-order valence-corrected chi connectivity index (χ4v) is 4.87. The van der Waals surface area contributed by atoms with E-state index in [1.165, 1.54) is 4.90 Å². The summed E-state index contributed by atoms with van der Waals surface area (Å²) in [6.07, 6.45) is 1.58. The lowest BCUT2D eigenvalue weighted by atomic mass is 10.0. The largest absolute Gasteiger partial charge is 0.354 e. The van der Waals surface area contributed by atoms with E-state index in [-0.39, 0.29) is 43.1 Å². The van der Waals surface area contributed by atoms with Crippen LogP contribution in [0.25, 0.3) is 0 Å². The van der Waals surface area contributed by atoms with E-state index in [0.29, 0.717) is 30.5 Å². The number of nitrogens with one attached hydrogen (secondary N) is 1. The molecule has 0 saturated heterocycles. The molecule has 1 aliphatic rings. The minimum atomic E-state index is -0.703. The monoisotopic (exact) mass is 525 g/mol. The van der Waals surface area contributed by atoms with E-state index in [1.54, 1.807) is 29.2 Å². The summed E-state index contributed by atoms with van der Waals surface area (Å²) in [5.74, 6) is -1.05. The van der Waals surface area contributed by atoms with Crippen LogP contribution in [0.3, 0.4) is 0 Å². The molecule has 7 nitrogen and oxygen atoms in total. The number of amides is 4.